The van der Waals surface area contributed by atoms with E-state index in [4.69, 9.17) is 0 Å². The van der Waals surface area contributed by atoms with E-state index in [1.54, 1.807) is 0 Å². The Morgan fingerprint density at radius 1 is 0.375 bits per heavy atom. The van der Waals surface area contributed by atoms with Crippen LogP contribution in [0.2, 0.25) is 0 Å². The molecule has 0 unspecified atom stereocenters. The summed E-state index contributed by atoms with van der Waals surface area (Å²) in [7, 11) is 0. The molecule has 0 rings (SSSR count). The molecule has 0 aromatic heterocycles. The van der Waals surface area contributed by atoms with Crippen LogP contribution >= 0.6 is 0 Å². The average Bonchev–Trinajstić information content (AvgIpc) is 0. The summed E-state index contributed by atoms with van der Waals surface area (Å²) in [5.41, 5.74) is 0. The standard InChI is InChI=1S/6BrH.Nd.Pr/h6*1H;;/q;;;;;;2*+3/p-6. The van der Waals surface area contributed by atoms with E-state index in [1.165, 1.54) is 0 Å². The SMILES string of the molecule is [Br-].[Br-].[Br-].[Br-].[Br-].[Br-].[Nd+3].[Pr+3]. The van der Waals surface area contributed by atoms with E-state index < -0.39 is 0 Å². The summed E-state index contributed by atoms with van der Waals surface area (Å²) in [5, 5.41) is 0. The minimum Gasteiger partial charge on any atom is -1.00 e. The van der Waals surface area contributed by atoms with Gasteiger partial charge in [0.05, 0.1) is 0 Å². The van der Waals surface area contributed by atoms with Crippen molar-refractivity contribution in [2.75, 3.05) is 0 Å². The summed E-state index contributed by atoms with van der Waals surface area (Å²) >= 11 is 0. The fraction of sp³-hybridized carbons (Fsp3) is 0. The normalized spacial score (nSPS) is 0. The molecule has 0 N–H and O–H groups in total. The first-order chi connectivity index (χ1) is 0. The maximum absolute atomic E-state index is 0. The molecule has 0 amide bonds. The Labute approximate surface area is 179 Å². The van der Waals surface area contributed by atoms with Crippen molar-refractivity contribution in [1.82, 2.24) is 0 Å². The number of rotatable bonds is 0. The molecule has 0 fully saturated rings. The first-order valence-electron chi connectivity index (χ1n) is 0. The monoisotopic (exact) mass is 756 g/mol. The number of halogens is 6. The Balaban J connectivity index is 0. The van der Waals surface area contributed by atoms with Gasteiger partial charge < -0.3 is 102 Å². The van der Waals surface area contributed by atoms with Gasteiger partial charge in [-0.25, -0.2) is 0 Å². The predicted octanol–water partition coefficient (Wildman–Crippen LogP) is -18.0. The maximum Gasteiger partial charge on any atom is 3.00 e. The summed E-state index contributed by atoms with van der Waals surface area (Å²) in [6, 6.07) is 0. The van der Waals surface area contributed by atoms with Crippen LogP contribution < -0.4 is 102 Å². The predicted molar refractivity (Wildman–Crippen MR) is 0 cm³/mol. The van der Waals surface area contributed by atoms with Gasteiger partial charge in [-0.05, 0) is 0 Å². The van der Waals surface area contributed by atoms with Crippen molar-refractivity contribution in [3.05, 3.63) is 0 Å². The van der Waals surface area contributed by atoms with Gasteiger partial charge in [-0.3, -0.25) is 0 Å². The van der Waals surface area contributed by atoms with Crippen LogP contribution in [0, 0.1) is 82.1 Å². The number of hydrogen-bond donors (Lipinski definition) is 0. The molecule has 0 atom stereocenters. The van der Waals surface area contributed by atoms with Gasteiger partial charge in [-0.1, -0.05) is 0 Å². The van der Waals surface area contributed by atoms with Crippen molar-refractivity contribution in [2.45, 2.75) is 0 Å². The second-order valence-corrected chi connectivity index (χ2v) is 0. The summed E-state index contributed by atoms with van der Waals surface area (Å²) in [4.78, 5) is 0. The smallest absolute Gasteiger partial charge is 1.00 e. The molecule has 0 saturated carbocycles. The molecule has 0 aromatic carbocycles. The summed E-state index contributed by atoms with van der Waals surface area (Å²) in [6.07, 6.45) is 0. The van der Waals surface area contributed by atoms with Crippen LogP contribution in [-0.2, 0) is 0 Å². The maximum atomic E-state index is 0. The summed E-state index contributed by atoms with van der Waals surface area (Å²) in [6.45, 7) is 0. The fourth-order valence-electron chi connectivity index (χ4n) is 0. The molecule has 49 valence electrons. The minimum absolute atomic E-state index is 0. The third kappa shape index (κ3) is 41.6. The zero-order valence-electron chi connectivity index (χ0n) is 3.35. The van der Waals surface area contributed by atoms with E-state index in [1.807, 2.05) is 0 Å². The van der Waals surface area contributed by atoms with Gasteiger partial charge in [-0.15, -0.1) is 0 Å². The molecule has 0 heterocycles. The molecule has 0 aliphatic heterocycles. The van der Waals surface area contributed by atoms with Crippen molar-refractivity contribution in [3.8, 4) is 0 Å². The average molecular weight is 765 g/mol. The van der Waals surface area contributed by atoms with E-state index >= 15 is 0 Å². The molecular weight excluding hydrogens is 765 g/mol. The molecule has 8 heavy (non-hydrogen) atoms. The molecule has 0 nitrogen and oxygen atoms in total. The van der Waals surface area contributed by atoms with E-state index in [0.29, 0.717) is 0 Å². The Kier molecular flexibility index (Phi) is 466. The van der Waals surface area contributed by atoms with E-state index in [2.05, 4.69) is 0 Å². The Morgan fingerprint density at radius 2 is 0.375 bits per heavy atom. The van der Waals surface area contributed by atoms with Crippen molar-refractivity contribution in [3.63, 3.8) is 0 Å². The van der Waals surface area contributed by atoms with Gasteiger partial charge in [0.1, 0.15) is 0 Å². The van der Waals surface area contributed by atoms with E-state index in [9.17, 15) is 0 Å². The van der Waals surface area contributed by atoms with Crippen LogP contribution in [0.1, 0.15) is 0 Å². The van der Waals surface area contributed by atoms with E-state index in [-0.39, 0.29) is 184 Å². The minimum atomic E-state index is 0. The zero-order chi connectivity index (χ0) is 0. The molecule has 0 aromatic rings. The zero-order valence-corrected chi connectivity index (χ0v) is 19.8. The molecule has 0 saturated heterocycles. The molecule has 0 spiro atoms. The largest absolute Gasteiger partial charge is 3.00 e. The van der Waals surface area contributed by atoms with Crippen LogP contribution in [0.15, 0.2) is 0 Å². The van der Waals surface area contributed by atoms with Crippen LogP contribution in [0.4, 0.5) is 0 Å². The Bertz CT molecular complexity index is 8.49. The molecule has 0 aliphatic rings. The fourth-order valence-corrected chi connectivity index (χ4v) is 0. The van der Waals surface area contributed by atoms with Gasteiger partial charge in [0.25, 0.3) is 0 Å². The Morgan fingerprint density at radius 3 is 0.375 bits per heavy atom. The molecular formula is Br6NdPr. The summed E-state index contributed by atoms with van der Waals surface area (Å²) < 4.78 is 0. The number of hydrogen-bond acceptors (Lipinski definition) is 0. The van der Waals surface area contributed by atoms with Crippen molar-refractivity contribution in [1.29, 1.82) is 0 Å². The molecule has 0 aliphatic carbocycles. The third-order valence-electron chi connectivity index (χ3n) is 0. The molecule has 1 radical (unpaired) electrons. The van der Waals surface area contributed by atoms with E-state index in [0.717, 1.165) is 0 Å². The first kappa shape index (κ1) is 68.9. The van der Waals surface area contributed by atoms with Gasteiger partial charge >= 0.3 is 82.1 Å². The molecule has 8 heteroatoms. The van der Waals surface area contributed by atoms with Crippen molar-refractivity contribution in [2.24, 2.45) is 0 Å². The summed E-state index contributed by atoms with van der Waals surface area (Å²) in [5.74, 6) is 0. The van der Waals surface area contributed by atoms with Gasteiger partial charge in [0.15, 0.2) is 0 Å². The van der Waals surface area contributed by atoms with Crippen LogP contribution in [-0.4, -0.2) is 0 Å². The molecule has 0 bridgehead atoms. The second kappa shape index (κ2) is 54.1. The van der Waals surface area contributed by atoms with Gasteiger partial charge in [0, 0.05) is 0 Å². The van der Waals surface area contributed by atoms with Crippen molar-refractivity contribution >= 4 is 0 Å². The van der Waals surface area contributed by atoms with Crippen LogP contribution in [0.3, 0.4) is 0 Å². The van der Waals surface area contributed by atoms with Gasteiger partial charge in [-0.2, -0.15) is 0 Å². The Hall–Kier alpha value is 5.59. The van der Waals surface area contributed by atoms with Crippen LogP contribution in [0.5, 0.6) is 0 Å². The van der Waals surface area contributed by atoms with Crippen molar-refractivity contribution < 1.29 is 184 Å². The quantitative estimate of drug-likeness (QED) is 0.230. The topological polar surface area (TPSA) is 0 Å². The third-order valence-corrected chi connectivity index (χ3v) is 0. The van der Waals surface area contributed by atoms with Crippen LogP contribution in [0.25, 0.3) is 0 Å². The van der Waals surface area contributed by atoms with Gasteiger partial charge in [0.2, 0.25) is 0 Å². The first-order valence-corrected chi connectivity index (χ1v) is 0. The second-order valence-electron chi connectivity index (χ2n) is 0.